The van der Waals surface area contributed by atoms with E-state index in [-0.39, 0.29) is 35.8 Å². The van der Waals surface area contributed by atoms with Crippen molar-refractivity contribution in [1.82, 2.24) is 4.90 Å². The minimum Gasteiger partial charge on any atom is -0.504 e. The van der Waals surface area contributed by atoms with Gasteiger partial charge in [0, 0.05) is 5.56 Å². The van der Waals surface area contributed by atoms with Crippen LogP contribution in [0.2, 0.25) is 0 Å². The molecule has 36 heavy (non-hydrogen) atoms. The Bertz CT molecular complexity index is 1280. The van der Waals surface area contributed by atoms with Crippen molar-refractivity contribution in [3.8, 4) is 17.2 Å². The van der Waals surface area contributed by atoms with Crippen LogP contribution in [0.3, 0.4) is 0 Å². The van der Waals surface area contributed by atoms with Gasteiger partial charge in [-0.2, -0.15) is 13.2 Å². The molecule has 0 bridgehead atoms. The lowest BCUT2D eigenvalue weighted by Crippen LogP contribution is -2.31. The molecule has 2 atom stereocenters. The highest BCUT2D eigenvalue weighted by atomic mass is 19.4. The first-order valence-electron chi connectivity index (χ1n) is 11.0. The van der Waals surface area contributed by atoms with Gasteiger partial charge in [-0.05, 0) is 48.4 Å². The summed E-state index contributed by atoms with van der Waals surface area (Å²) in [6, 6.07) is 15.2. The predicted molar refractivity (Wildman–Crippen MR) is 122 cm³/mol. The number of carboxylic acids is 1. The van der Waals surface area contributed by atoms with Crippen LogP contribution in [0.5, 0.6) is 17.2 Å². The Morgan fingerprint density at radius 2 is 1.78 bits per heavy atom. The average molecular weight is 501 g/mol. The summed E-state index contributed by atoms with van der Waals surface area (Å²) < 4.78 is 51.7. The van der Waals surface area contributed by atoms with Crippen LogP contribution in [0.1, 0.15) is 35.3 Å². The van der Waals surface area contributed by atoms with Gasteiger partial charge in [0.2, 0.25) is 0 Å². The maximum absolute atomic E-state index is 13.5. The van der Waals surface area contributed by atoms with Gasteiger partial charge in [-0.15, -0.1) is 0 Å². The molecule has 0 unspecified atom stereocenters. The molecule has 7 nitrogen and oxygen atoms in total. The van der Waals surface area contributed by atoms with Gasteiger partial charge in [0.05, 0.1) is 24.6 Å². The molecule has 1 heterocycles. The molecule has 1 aliphatic heterocycles. The maximum Gasteiger partial charge on any atom is 0.416 e. The fourth-order valence-corrected chi connectivity index (χ4v) is 4.01. The van der Waals surface area contributed by atoms with Crippen molar-refractivity contribution in [2.75, 3.05) is 0 Å². The number of alkyl halides is 3. The number of hydrogen-bond donors (Lipinski definition) is 2. The van der Waals surface area contributed by atoms with Crippen molar-refractivity contribution in [2.45, 2.75) is 38.2 Å². The first-order valence-corrected chi connectivity index (χ1v) is 11.0. The Morgan fingerprint density at radius 1 is 1.06 bits per heavy atom. The Balaban J connectivity index is 1.67. The molecule has 1 fully saturated rings. The number of nitrogens with zero attached hydrogens (tertiary/aromatic N) is 1. The summed E-state index contributed by atoms with van der Waals surface area (Å²) in [5, 5.41) is 19.2. The van der Waals surface area contributed by atoms with Crippen LogP contribution in [0, 0.1) is 0 Å². The maximum atomic E-state index is 13.5. The highest BCUT2D eigenvalue weighted by Crippen LogP contribution is 2.39. The van der Waals surface area contributed by atoms with Crippen molar-refractivity contribution in [3.05, 3.63) is 89.0 Å². The SMILES string of the molecule is C[C@H]1[C@@H](c2ccccc2)OC(=O)N1Cc1cc(C(F)(F)F)ccc1Oc1cc(CC(=O)O)ccc1O. The molecule has 2 N–H and O–H groups in total. The lowest BCUT2D eigenvalue weighted by atomic mass is 10.0. The van der Waals surface area contributed by atoms with Gasteiger partial charge in [-0.3, -0.25) is 9.69 Å². The number of hydrogen-bond acceptors (Lipinski definition) is 5. The van der Waals surface area contributed by atoms with Gasteiger partial charge in [0.25, 0.3) is 0 Å². The first kappa shape index (κ1) is 24.9. The molecule has 3 aromatic carbocycles. The quantitative estimate of drug-likeness (QED) is 0.418. The zero-order valence-corrected chi connectivity index (χ0v) is 19.0. The van der Waals surface area contributed by atoms with Crippen molar-refractivity contribution in [2.24, 2.45) is 0 Å². The Labute approximate surface area is 204 Å². The summed E-state index contributed by atoms with van der Waals surface area (Å²) in [5.41, 5.74) is 0.173. The number of aliphatic carboxylic acids is 1. The molecule has 0 spiro atoms. The molecular weight excluding hydrogens is 479 g/mol. The molecule has 0 radical (unpaired) electrons. The van der Waals surface area contributed by atoms with E-state index in [1.807, 2.05) is 6.07 Å². The van der Waals surface area contributed by atoms with Crippen LogP contribution in [0.25, 0.3) is 0 Å². The second-order valence-electron chi connectivity index (χ2n) is 8.38. The summed E-state index contributed by atoms with van der Waals surface area (Å²) in [7, 11) is 0. The highest BCUT2D eigenvalue weighted by molar-refractivity contribution is 5.71. The van der Waals surface area contributed by atoms with Crippen LogP contribution >= 0.6 is 0 Å². The van der Waals surface area contributed by atoms with E-state index < -0.39 is 35.9 Å². The Hall–Kier alpha value is -4.21. The molecular formula is C26H22F3NO6. The number of carbonyl (C=O) groups excluding carboxylic acids is 1. The molecule has 0 aliphatic carbocycles. The minimum absolute atomic E-state index is 0.0328. The van der Waals surface area contributed by atoms with E-state index in [4.69, 9.17) is 14.6 Å². The summed E-state index contributed by atoms with van der Waals surface area (Å²) in [6.07, 6.45) is -6.27. The smallest absolute Gasteiger partial charge is 0.416 e. The standard InChI is InChI=1S/C26H22F3NO6/c1-15-24(17-5-3-2-4-6-17)36-25(34)30(15)14-18-13-19(26(27,28)29)8-10-21(18)35-22-11-16(12-23(32)33)7-9-20(22)31/h2-11,13,15,24,31H,12,14H2,1H3,(H,32,33)/t15-,24-/m0/s1. The molecule has 10 heteroatoms. The average Bonchev–Trinajstić information content (AvgIpc) is 3.10. The lowest BCUT2D eigenvalue weighted by molar-refractivity contribution is -0.138. The number of cyclic esters (lactones) is 1. The third-order valence-electron chi connectivity index (χ3n) is 5.85. The van der Waals surface area contributed by atoms with Gasteiger partial charge >= 0.3 is 18.2 Å². The second-order valence-corrected chi connectivity index (χ2v) is 8.38. The Kier molecular flexibility index (Phi) is 6.78. The molecule has 1 aliphatic rings. The van der Waals surface area contributed by atoms with Crippen LogP contribution in [0.4, 0.5) is 18.0 Å². The van der Waals surface area contributed by atoms with Crippen molar-refractivity contribution in [3.63, 3.8) is 0 Å². The topological polar surface area (TPSA) is 96.3 Å². The van der Waals surface area contributed by atoms with Crippen LogP contribution in [-0.4, -0.2) is 33.2 Å². The number of halogens is 3. The summed E-state index contributed by atoms with van der Waals surface area (Å²) in [5.74, 6) is -1.59. The van der Waals surface area contributed by atoms with Crippen LogP contribution in [0.15, 0.2) is 66.7 Å². The van der Waals surface area contributed by atoms with Crippen molar-refractivity contribution in [1.29, 1.82) is 0 Å². The number of phenolic OH excluding ortho intramolecular Hbond substituents is 1. The molecule has 0 saturated carbocycles. The normalized spacial score (nSPS) is 17.7. The molecule has 1 amide bonds. The van der Waals surface area contributed by atoms with E-state index in [0.29, 0.717) is 5.56 Å². The number of carbonyl (C=O) groups is 2. The van der Waals surface area contributed by atoms with Crippen LogP contribution in [-0.2, 0) is 28.7 Å². The Morgan fingerprint density at radius 3 is 2.44 bits per heavy atom. The number of amides is 1. The van der Waals surface area contributed by atoms with Gasteiger partial charge in [-0.25, -0.2) is 4.79 Å². The largest absolute Gasteiger partial charge is 0.504 e. The fraction of sp³-hybridized carbons (Fsp3) is 0.231. The van der Waals surface area contributed by atoms with Crippen molar-refractivity contribution >= 4 is 12.1 Å². The zero-order valence-electron chi connectivity index (χ0n) is 19.0. The van der Waals surface area contributed by atoms with E-state index in [9.17, 15) is 27.9 Å². The minimum atomic E-state index is -4.64. The highest BCUT2D eigenvalue weighted by Gasteiger charge is 2.40. The number of benzene rings is 3. The summed E-state index contributed by atoms with van der Waals surface area (Å²) in [6.45, 7) is 1.48. The van der Waals surface area contributed by atoms with E-state index in [1.165, 1.54) is 23.1 Å². The number of carboxylic acid groups (broad SMARTS) is 1. The van der Waals surface area contributed by atoms with Gasteiger partial charge in [0.15, 0.2) is 11.5 Å². The predicted octanol–water partition coefficient (Wildman–Crippen LogP) is 5.91. The fourth-order valence-electron chi connectivity index (χ4n) is 4.01. The molecule has 1 saturated heterocycles. The van der Waals surface area contributed by atoms with Gasteiger partial charge in [-0.1, -0.05) is 36.4 Å². The molecule has 0 aromatic heterocycles. The number of rotatable bonds is 7. The van der Waals surface area contributed by atoms with E-state index >= 15 is 0 Å². The van der Waals surface area contributed by atoms with Crippen LogP contribution < -0.4 is 4.74 Å². The van der Waals surface area contributed by atoms with Gasteiger partial charge in [0.1, 0.15) is 11.9 Å². The van der Waals surface area contributed by atoms with E-state index in [0.717, 1.165) is 23.8 Å². The lowest BCUT2D eigenvalue weighted by Gasteiger charge is -2.23. The van der Waals surface area contributed by atoms with E-state index in [2.05, 4.69) is 0 Å². The second kappa shape index (κ2) is 9.80. The third kappa shape index (κ3) is 5.37. The summed E-state index contributed by atoms with van der Waals surface area (Å²) in [4.78, 5) is 25.0. The first-order chi connectivity index (χ1) is 17.0. The van der Waals surface area contributed by atoms with Crippen molar-refractivity contribution < 1.29 is 42.4 Å². The monoisotopic (exact) mass is 501 g/mol. The molecule has 188 valence electrons. The molecule has 3 aromatic rings. The third-order valence-corrected chi connectivity index (χ3v) is 5.85. The number of phenols is 1. The molecule has 4 rings (SSSR count). The number of aromatic hydroxyl groups is 1. The van der Waals surface area contributed by atoms with E-state index in [1.54, 1.807) is 31.2 Å². The zero-order chi connectivity index (χ0) is 26.0. The summed E-state index contributed by atoms with van der Waals surface area (Å²) >= 11 is 0. The van der Waals surface area contributed by atoms with Gasteiger partial charge < -0.3 is 19.7 Å². The number of ether oxygens (including phenoxy) is 2.